The van der Waals surface area contributed by atoms with Gasteiger partial charge in [0.1, 0.15) is 0 Å². The molecule has 1 saturated carbocycles. The van der Waals surface area contributed by atoms with Crippen LogP contribution in [0.5, 0.6) is 0 Å². The Bertz CT molecular complexity index is 343. The number of aryl methyl sites for hydroxylation is 1. The normalized spacial score (nSPS) is 20.1. The highest BCUT2D eigenvalue weighted by Gasteiger charge is 2.27. The van der Waals surface area contributed by atoms with E-state index in [2.05, 4.69) is 15.5 Å². The SMILES string of the molecule is Cc1nnc(CNCC2(O)CCCCCC2)o1. The summed E-state index contributed by atoms with van der Waals surface area (Å²) < 4.78 is 5.26. The Kier molecular flexibility index (Phi) is 4.12. The quantitative estimate of drug-likeness (QED) is 0.780. The molecule has 1 aromatic rings. The van der Waals surface area contributed by atoms with E-state index in [9.17, 15) is 5.11 Å². The van der Waals surface area contributed by atoms with Crippen LogP contribution in [0.3, 0.4) is 0 Å². The summed E-state index contributed by atoms with van der Waals surface area (Å²) in [5, 5.41) is 21.3. The predicted molar refractivity (Wildman–Crippen MR) is 63.4 cm³/mol. The zero-order chi connectivity index (χ0) is 12.1. The van der Waals surface area contributed by atoms with Crippen molar-refractivity contribution in [3.8, 4) is 0 Å². The smallest absolute Gasteiger partial charge is 0.230 e. The summed E-state index contributed by atoms with van der Waals surface area (Å²) >= 11 is 0. The molecule has 5 heteroatoms. The Morgan fingerprint density at radius 1 is 1.24 bits per heavy atom. The van der Waals surface area contributed by atoms with Crippen LogP contribution >= 0.6 is 0 Å². The van der Waals surface area contributed by atoms with Gasteiger partial charge in [-0.05, 0) is 12.8 Å². The minimum absolute atomic E-state index is 0.531. The summed E-state index contributed by atoms with van der Waals surface area (Å²) in [7, 11) is 0. The van der Waals surface area contributed by atoms with Crippen molar-refractivity contribution in [2.24, 2.45) is 0 Å². The molecule has 1 heterocycles. The fraction of sp³-hybridized carbons (Fsp3) is 0.833. The van der Waals surface area contributed by atoms with Gasteiger partial charge in [-0.15, -0.1) is 10.2 Å². The number of nitrogens with one attached hydrogen (secondary N) is 1. The maximum Gasteiger partial charge on any atom is 0.230 e. The van der Waals surface area contributed by atoms with Gasteiger partial charge in [0.05, 0.1) is 12.1 Å². The van der Waals surface area contributed by atoms with Gasteiger partial charge in [-0.3, -0.25) is 0 Å². The van der Waals surface area contributed by atoms with E-state index in [-0.39, 0.29) is 0 Å². The van der Waals surface area contributed by atoms with E-state index in [4.69, 9.17) is 4.42 Å². The molecule has 0 aliphatic heterocycles. The molecule has 0 saturated heterocycles. The highest BCUT2D eigenvalue weighted by molar-refractivity contribution is 4.85. The Hall–Kier alpha value is -0.940. The third-order valence-corrected chi connectivity index (χ3v) is 3.33. The van der Waals surface area contributed by atoms with Crippen LogP contribution in [0, 0.1) is 6.92 Å². The molecule has 0 spiro atoms. The third kappa shape index (κ3) is 3.78. The number of nitrogens with zero attached hydrogens (tertiary/aromatic N) is 2. The molecule has 0 atom stereocenters. The first kappa shape index (κ1) is 12.5. The van der Waals surface area contributed by atoms with E-state index in [1.807, 2.05) is 0 Å². The Labute approximate surface area is 102 Å². The lowest BCUT2D eigenvalue weighted by Gasteiger charge is -2.26. The van der Waals surface area contributed by atoms with Crippen LogP contribution in [-0.4, -0.2) is 27.4 Å². The zero-order valence-corrected chi connectivity index (χ0v) is 10.4. The molecular weight excluding hydrogens is 218 g/mol. The van der Waals surface area contributed by atoms with Gasteiger partial charge < -0.3 is 14.8 Å². The van der Waals surface area contributed by atoms with E-state index in [1.165, 1.54) is 12.8 Å². The highest BCUT2D eigenvalue weighted by Crippen LogP contribution is 2.26. The van der Waals surface area contributed by atoms with Crippen molar-refractivity contribution in [2.45, 2.75) is 57.6 Å². The molecule has 5 nitrogen and oxygen atoms in total. The van der Waals surface area contributed by atoms with E-state index >= 15 is 0 Å². The lowest BCUT2D eigenvalue weighted by molar-refractivity contribution is 0.0246. The molecule has 1 fully saturated rings. The van der Waals surface area contributed by atoms with Crippen LogP contribution in [0.25, 0.3) is 0 Å². The Balaban J connectivity index is 1.76. The molecule has 1 aliphatic rings. The number of hydrogen-bond donors (Lipinski definition) is 2. The summed E-state index contributed by atoms with van der Waals surface area (Å²) in [6.07, 6.45) is 6.51. The van der Waals surface area contributed by atoms with Gasteiger partial charge in [-0.2, -0.15) is 0 Å². The van der Waals surface area contributed by atoms with Crippen LogP contribution in [-0.2, 0) is 6.54 Å². The van der Waals surface area contributed by atoms with Gasteiger partial charge in [0, 0.05) is 13.5 Å². The zero-order valence-electron chi connectivity index (χ0n) is 10.4. The van der Waals surface area contributed by atoms with Crippen molar-refractivity contribution in [3.63, 3.8) is 0 Å². The molecular formula is C12H21N3O2. The van der Waals surface area contributed by atoms with Crippen molar-refractivity contribution >= 4 is 0 Å². The van der Waals surface area contributed by atoms with Crippen LogP contribution in [0.15, 0.2) is 4.42 Å². The van der Waals surface area contributed by atoms with Crippen LogP contribution in [0.4, 0.5) is 0 Å². The predicted octanol–water partition coefficient (Wildman–Crippen LogP) is 1.55. The maximum absolute atomic E-state index is 10.4. The second-order valence-corrected chi connectivity index (χ2v) is 4.96. The summed E-state index contributed by atoms with van der Waals surface area (Å²) in [6.45, 7) is 2.91. The van der Waals surface area contributed by atoms with E-state index in [0.29, 0.717) is 24.9 Å². The average Bonchev–Trinajstić information content (AvgIpc) is 2.58. The van der Waals surface area contributed by atoms with Crippen LogP contribution in [0.1, 0.15) is 50.3 Å². The minimum Gasteiger partial charge on any atom is -0.424 e. The molecule has 1 aromatic heterocycles. The van der Waals surface area contributed by atoms with Gasteiger partial charge in [0.2, 0.25) is 11.8 Å². The second kappa shape index (κ2) is 5.60. The number of aromatic nitrogens is 2. The third-order valence-electron chi connectivity index (χ3n) is 3.33. The van der Waals surface area contributed by atoms with Crippen LogP contribution < -0.4 is 5.32 Å². The fourth-order valence-corrected chi connectivity index (χ4v) is 2.37. The molecule has 0 amide bonds. The standard InChI is InChI=1S/C12H21N3O2/c1-10-14-15-11(17-10)8-13-9-12(16)6-4-2-3-5-7-12/h13,16H,2-9H2,1H3. The van der Waals surface area contributed by atoms with Gasteiger partial charge in [0.15, 0.2) is 0 Å². The van der Waals surface area contributed by atoms with E-state index in [0.717, 1.165) is 25.7 Å². The first-order valence-electron chi connectivity index (χ1n) is 6.40. The molecule has 96 valence electrons. The molecule has 0 aromatic carbocycles. The summed E-state index contributed by atoms with van der Waals surface area (Å²) in [5.41, 5.74) is -0.550. The largest absolute Gasteiger partial charge is 0.424 e. The van der Waals surface area contributed by atoms with Crippen molar-refractivity contribution in [1.29, 1.82) is 0 Å². The van der Waals surface area contributed by atoms with E-state index in [1.54, 1.807) is 6.92 Å². The summed E-state index contributed by atoms with van der Waals surface area (Å²) in [4.78, 5) is 0. The monoisotopic (exact) mass is 239 g/mol. The molecule has 0 unspecified atom stereocenters. The summed E-state index contributed by atoms with van der Waals surface area (Å²) in [6, 6.07) is 0. The van der Waals surface area contributed by atoms with Crippen molar-refractivity contribution in [3.05, 3.63) is 11.8 Å². The second-order valence-electron chi connectivity index (χ2n) is 4.96. The van der Waals surface area contributed by atoms with Crippen LogP contribution in [0.2, 0.25) is 0 Å². The Morgan fingerprint density at radius 3 is 2.53 bits per heavy atom. The van der Waals surface area contributed by atoms with Crippen molar-refractivity contribution < 1.29 is 9.52 Å². The number of hydrogen-bond acceptors (Lipinski definition) is 5. The molecule has 0 radical (unpaired) electrons. The van der Waals surface area contributed by atoms with Gasteiger partial charge >= 0.3 is 0 Å². The van der Waals surface area contributed by atoms with Gasteiger partial charge in [-0.1, -0.05) is 25.7 Å². The lowest BCUT2D eigenvalue weighted by atomic mass is 9.94. The van der Waals surface area contributed by atoms with Crippen molar-refractivity contribution in [1.82, 2.24) is 15.5 Å². The first-order valence-corrected chi connectivity index (χ1v) is 6.40. The van der Waals surface area contributed by atoms with Crippen molar-refractivity contribution in [2.75, 3.05) is 6.54 Å². The first-order chi connectivity index (χ1) is 8.18. The minimum atomic E-state index is -0.550. The molecule has 17 heavy (non-hydrogen) atoms. The molecule has 1 aliphatic carbocycles. The number of rotatable bonds is 4. The summed E-state index contributed by atoms with van der Waals surface area (Å²) in [5.74, 6) is 1.16. The molecule has 2 rings (SSSR count). The lowest BCUT2D eigenvalue weighted by Crippen LogP contribution is -2.39. The topological polar surface area (TPSA) is 71.2 Å². The maximum atomic E-state index is 10.4. The highest BCUT2D eigenvalue weighted by atomic mass is 16.4. The molecule has 2 N–H and O–H groups in total. The van der Waals surface area contributed by atoms with Gasteiger partial charge in [-0.25, -0.2) is 0 Å². The van der Waals surface area contributed by atoms with E-state index < -0.39 is 5.60 Å². The average molecular weight is 239 g/mol. The molecule has 0 bridgehead atoms. The number of aliphatic hydroxyl groups is 1. The Morgan fingerprint density at radius 2 is 1.94 bits per heavy atom. The van der Waals surface area contributed by atoms with Gasteiger partial charge in [0.25, 0.3) is 0 Å². The fourth-order valence-electron chi connectivity index (χ4n) is 2.37.